The molecule has 4 rings (SSSR count). The van der Waals surface area contributed by atoms with Gasteiger partial charge < -0.3 is 10.2 Å². The molecule has 1 atom stereocenters. The minimum absolute atomic E-state index is 0.00542. The summed E-state index contributed by atoms with van der Waals surface area (Å²) < 4.78 is 42.7. The van der Waals surface area contributed by atoms with E-state index in [1.165, 1.54) is 47.4 Å². The summed E-state index contributed by atoms with van der Waals surface area (Å²) in [5.74, 6) is -1.45. The number of hydrogen-bond acceptors (Lipinski definition) is 4. The number of likely N-dealkylation sites (N-methyl/N-ethyl adjacent to an activating group) is 1. The predicted molar refractivity (Wildman–Crippen MR) is 167 cm³/mol. The number of aryl methyl sites for hydroxylation is 1. The van der Waals surface area contributed by atoms with Crippen molar-refractivity contribution >= 4 is 39.1 Å². The topological polar surface area (TPSA) is 86.8 Å². The second kappa shape index (κ2) is 14.3. The van der Waals surface area contributed by atoms with Crippen LogP contribution < -0.4 is 9.62 Å². The van der Waals surface area contributed by atoms with Crippen molar-refractivity contribution in [2.45, 2.75) is 37.8 Å². The fourth-order valence-corrected chi connectivity index (χ4v) is 6.22. The van der Waals surface area contributed by atoms with Gasteiger partial charge in [-0.15, -0.1) is 0 Å². The van der Waals surface area contributed by atoms with E-state index < -0.39 is 40.2 Å². The maximum atomic E-state index is 14.3. The van der Waals surface area contributed by atoms with Gasteiger partial charge in [-0.25, -0.2) is 12.8 Å². The van der Waals surface area contributed by atoms with Gasteiger partial charge >= 0.3 is 0 Å². The number of rotatable bonds is 12. The zero-order chi connectivity index (χ0) is 31.0. The van der Waals surface area contributed by atoms with Crippen molar-refractivity contribution in [3.8, 4) is 0 Å². The Morgan fingerprint density at radius 1 is 0.884 bits per heavy atom. The molecule has 1 N–H and O–H groups in total. The molecule has 0 bridgehead atoms. The molecular weight excluding hydrogens is 589 g/mol. The quantitative estimate of drug-likeness (QED) is 0.218. The van der Waals surface area contributed by atoms with Crippen molar-refractivity contribution in [1.82, 2.24) is 10.2 Å². The molecule has 10 heteroatoms. The molecule has 0 radical (unpaired) electrons. The first-order chi connectivity index (χ1) is 20.6. The molecule has 0 saturated heterocycles. The number of carbonyl (C=O) groups excluding carboxylic acids is 2. The first kappa shape index (κ1) is 31.7. The van der Waals surface area contributed by atoms with Gasteiger partial charge in [-0.2, -0.15) is 0 Å². The fourth-order valence-electron chi connectivity index (χ4n) is 4.62. The van der Waals surface area contributed by atoms with E-state index in [-0.39, 0.29) is 23.5 Å². The zero-order valence-electron chi connectivity index (χ0n) is 23.9. The van der Waals surface area contributed by atoms with Gasteiger partial charge in [-0.3, -0.25) is 13.9 Å². The molecule has 2 amide bonds. The average Bonchev–Trinajstić information content (AvgIpc) is 3.01. The maximum absolute atomic E-state index is 14.3. The molecule has 43 heavy (non-hydrogen) atoms. The van der Waals surface area contributed by atoms with E-state index in [1.54, 1.807) is 44.2 Å². The van der Waals surface area contributed by atoms with Crippen LogP contribution in [0.15, 0.2) is 108 Å². The number of sulfonamides is 1. The minimum atomic E-state index is -4.23. The van der Waals surface area contributed by atoms with E-state index in [4.69, 9.17) is 11.6 Å². The molecule has 224 valence electrons. The van der Waals surface area contributed by atoms with Crippen molar-refractivity contribution in [3.63, 3.8) is 0 Å². The summed E-state index contributed by atoms with van der Waals surface area (Å²) in [6.45, 7) is 3.24. The second-order valence-electron chi connectivity index (χ2n) is 10.0. The molecule has 0 aliphatic carbocycles. The van der Waals surface area contributed by atoms with Crippen molar-refractivity contribution in [2.24, 2.45) is 0 Å². The van der Waals surface area contributed by atoms with Crippen LogP contribution in [0.4, 0.5) is 10.1 Å². The highest BCUT2D eigenvalue weighted by atomic mass is 35.5. The van der Waals surface area contributed by atoms with Crippen LogP contribution in [0, 0.1) is 12.7 Å². The van der Waals surface area contributed by atoms with Crippen molar-refractivity contribution in [3.05, 3.63) is 131 Å². The Labute approximate surface area is 257 Å². The summed E-state index contributed by atoms with van der Waals surface area (Å²) >= 11 is 6.39. The van der Waals surface area contributed by atoms with E-state index >= 15 is 0 Å². The Kier molecular flexibility index (Phi) is 10.6. The fraction of sp³-hybridized carbons (Fsp3) is 0.212. The first-order valence-electron chi connectivity index (χ1n) is 13.8. The number of nitrogens with one attached hydrogen (secondary N) is 1. The Morgan fingerprint density at radius 2 is 1.51 bits per heavy atom. The standard InChI is InChI=1S/C33H33ClFN3O4S/c1-3-36-33(40)31(20-25-10-6-4-7-11-25)37(22-26-15-17-27(35)18-16-26)32(39)23-38(28-19-14-24(2)30(34)21-28)43(41,42)29-12-8-5-9-13-29/h4-19,21,31H,3,20,22-23H2,1-2H3,(H,36,40)/t31-/m0/s1. The summed E-state index contributed by atoms with van der Waals surface area (Å²) in [5.41, 5.74) is 2.33. The van der Waals surface area contributed by atoms with Crippen LogP contribution in [0.3, 0.4) is 0 Å². The number of hydrogen-bond donors (Lipinski definition) is 1. The maximum Gasteiger partial charge on any atom is 0.264 e. The van der Waals surface area contributed by atoms with E-state index in [9.17, 15) is 22.4 Å². The van der Waals surface area contributed by atoms with Gasteiger partial charge in [0.15, 0.2) is 0 Å². The molecule has 0 heterocycles. The summed E-state index contributed by atoms with van der Waals surface area (Å²) in [4.78, 5) is 29.1. The van der Waals surface area contributed by atoms with Crippen LogP contribution >= 0.6 is 11.6 Å². The van der Waals surface area contributed by atoms with Crippen molar-refractivity contribution in [1.29, 1.82) is 0 Å². The number of benzene rings is 4. The van der Waals surface area contributed by atoms with Crippen LogP contribution in [0.1, 0.15) is 23.6 Å². The molecule has 7 nitrogen and oxygen atoms in total. The minimum Gasteiger partial charge on any atom is -0.355 e. The van der Waals surface area contributed by atoms with Crippen molar-refractivity contribution in [2.75, 3.05) is 17.4 Å². The third-order valence-electron chi connectivity index (χ3n) is 6.94. The van der Waals surface area contributed by atoms with Crippen LogP contribution in [-0.4, -0.2) is 44.3 Å². The smallest absolute Gasteiger partial charge is 0.264 e. The lowest BCUT2D eigenvalue weighted by Crippen LogP contribution is -2.53. The van der Waals surface area contributed by atoms with Gasteiger partial charge in [0.05, 0.1) is 10.6 Å². The summed E-state index contributed by atoms with van der Waals surface area (Å²) in [6, 6.07) is 26.4. The average molecular weight is 622 g/mol. The Balaban J connectivity index is 1.80. The third-order valence-corrected chi connectivity index (χ3v) is 9.14. The molecule has 4 aromatic carbocycles. The van der Waals surface area contributed by atoms with Gasteiger partial charge in [-0.05, 0) is 66.9 Å². The molecule has 0 fully saturated rings. The van der Waals surface area contributed by atoms with Crippen LogP contribution in [0.2, 0.25) is 5.02 Å². The van der Waals surface area contributed by atoms with Gasteiger partial charge in [0.2, 0.25) is 11.8 Å². The molecule has 0 aliphatic rings. The van der Waals surface area contributed by atoms with E-state index in [0.29, 0.717) is 17.1 Å². The van der Waals surface area contributed by atoms with Crippen molar-refractivity contribution < 1.29 is 22.4 Å². The van der Waals surface area contributed by atoms with Crippen LogP contribution in [0.5, 0.6) is 0 Å². The lowest BCUT2D eigenvalue weighted by atomic mass is 10.0. The monoisotopic (exact) mass is 621 g/mol. The highest BCUT2D eigenvalue weighted by Gasteiger charge is 2.34. The van der Waals surface area contributed by atoms with Gasteiger partial charge in [0, 0.05) is 24.5 Å². The number of amides is 2. The molecule has 0 saturated carbocycles. The van der Waals surface area contributed by atoms with Crippen LogP contribution in [0.25, 0.3) is 0 Å². The molecule has 0 aromatic heterocycles. The Morgan fingerprint density at radius 3 is 2.12 bits per heavy atom. The predicted octanol–water partition coefficient (Wildman–Crippen LogP) is 5.76. The number of nitrogens with zero attached hydrogens (tertiary/aromatic N) is 2. The molecular formula is C33H33ClFN3O4S. The SMILES string of the molecule is CCNC(=O)[C@H](Cc1ccccc1)N(Cc1ccc(F)cc1)C(=O)CN(c1ccc(C)c(Cl)c1)S(=O)(=O)c1ccccc1. The molecule has 0 spiro atoms. The lowest BCUT2D eigenvalue weighted by molar-refractivity contribution is -0.140. The summed E-state index contributed by atoms with van der Waals surface area (Å²) in [6.07, 6.45) is 0.182. The Hall–Kier alpha value is -4.21. The first-order valence-corrected chi connectivity index (χ1v) is 15.6. The number of halogens is 2. The zero-order valence-corrected chi connectivity index (χ0v) is 25.5. The summed E-state index contributed by atoms with van der Waals surface area (Å²) in [7, 11) is -4.23. The molecule has 4 aromatic rings. The largest absolute Gasteiger partial charge is 0.355 e. The highest BCUT2D eigenvalue weighted by Crippen LogP contribution is 2.29. The number of anilines is 1. The summed E-state index contributed by atoms with van der Waals surface area (Å²) in [5, 5.41) is 3.15. The van der Waals surface area contributed by atoms with E-state index in [1.807, 2.05) is 30.3 Å². The van der Waals surface area contributed by atoms with E-state index in [0.717, 1.165) is 15.4 Å². The van der Waals surface area contributed by atoms with Gasteiger partial charge in [0.25, 0.3) is 10.0 Å². The van der Waals surface area contributed by atoms with Gasteiger partial charge in [0.1, 0.15) is 18.4 Å². The molecule has 0 aliphatic heterocycles. The lowest BCUT2D eigenvalue weighted by Gasteiger charge is -2.34. The van der Waals surface area contributed by atoms with E-state index in [2.05, 4.69) is 5.32 Å². The van der Waals surface area contributed by atoms with Crippen LogP contribution in [-0.2, 0) is 32.6 Å². The Bertz CT molecular complexity index is 1650. The third kappa shape index (κ3) is 8.00. The normalized spacial score (nSPS) is 11.9. The van der Waals surface area contributed by atoms with Gasteiger partial charge in [-0.1, -0.05) is 78.3 Å². The highest BCUT2D eigenvalue weighted by molar-refractivity contribution is 7.92. The molecule has 0 unspecified atom stereocenters. The number of carbonyl (C=O) groups is 2. The second-order valence-corrected chi connectivity index (χ2v) is 12.3.